The van der Waals surface area contributed by atoms with E-state index in [4.69, 9.17) is 14.5 Å². The van der Waals surface area contributed by atoms with Crippen LogP contribution in [0.1, 0.15) is 20.3 Å². The van der Waals surface area contributed by atoms with Gasteiger partial charge in [0.2, 0.25) is 0 Å². The molecule has 14 heavy (non-hydrogen) atoms. The lowest BCUT2D eigenvalue weighted by molar-refractivity contribution is 0.482. The molecular formula is C5H13NO6S2. The average Bonchev–Trinajstić information content (AvgIpc) is 1.82. The highest BCUT2D eigenvalue weighted by atomic mass is 32.2. The van der Waals surface area contributed by atoms with E-state index >= 15 is 0 Å². The maximum absolute atomic E-state index is 9.79. The SMILES string of the molecule is CC(=N)S(=O)(=O)O.CCCS(=O)(=O)O. The fraction of sp³-hybridized carbons (Fsp3) is 0.800. The van der Waals surface area contributed by atoms with Crippen LogP contribution in [0.3, 0.4) is 0 Å². The highest BCUT2D eigenvalue weighted by molar-refractivity contribution is 8.01. The summed E-state index contributed by atoms with van der Waals surface area (Å²) >= 11 is 0. The lowest BCUT2D eigenvalue weighted by Crippen LogP contribution is -2.06. The molecule has 7 nitrogen and oxygen atoms in total. The maximum Gasteiger partial charge on any atom is 0.307 e. The van der Waals surface area contributed by atoms with Crippen molar-refractivity contribution in [1.29, 1.82) is 5.41 Å². The molecule has 0 spiro atoms. The van der Waals surface area contributed by atoms with Gasteiger partial charge in [0.25, 0.3) is 10.1 Å². The third-order valence-electron chi connectivity index (χ3n) is 0.849. The summed E-state index contributed by atoms with van der Waals surface area (Å²) < 4.78 is 54.7. The molecule has 86 valence electrons. The van der Waals surface area contributed by atoms with Gasteiger partial charge in [-0.2, -0.15) is 16.8 Å². The molecule has 0 bridgehead atoms. The first-order chi connectivity index (χ1) is 6.00. The first kappa shape index (κ1) is 15.9. The van der Waals surface area contributed by atoms with Gasteiger partial charge in [0.05, 0.1) is 5.75 Å². The van der Waals surface area contributed by atoms with Crippen LogP contribution in [-0.4, -0.2) is 36.7 Å². The van der Waals surface area contributed by atoms with E-state index in [1.54, 1.807) is 6.92 Å². The van der Waals surface area contributed by atoms with E-state index in [0.29, 0.717) is 6.42 Å². The largest absolute Gasteiger partial charge is 0.307 e. The zero-order chi connectivity index (χ0) is 12.0. The summed E-state index contributed by atoms with van der Waals surface area (Å²) in [6, 6.07) is 0. The van der Waals surface area contributed by atoms with E-state index in [2.05, 4.69) is 0 Å². The van der Waals surface area contributed by atoms with Gasteiger partial charge in [-0.15, -0.1) is 0 Å². The molecule has 0 saturated heterocycles. The Morgan fingerprint density at radius 3 is 1.50 bits per heavy atom. The number of hydrogen-bond acceptors (Lipinski definition) is 5. The smallest absolute Gasteiger partial charge is 0.292 e. The highest BCUT2D eigenvalue weighted by Crippen LogP contribution is 1.83. The Kier molecular flexibility index (Phi) is 6.90. The van der Waals surface area contributed by atoms with E-state index < -0.39 is 25.3 Å². The lowest BCUT2D eigenvalue weighted by Gasteiger charge is -1.85. The van der Waals surface area contributed by atoms with E-state index in [1.807, 2.05) is 0 Å². The monoisotopic (exact) mass is 247 g/mol. The van der Waals surface area contributed by atoms with Crippen LogP contribution in [0.5, 0.6) is 0 Å². The molecule has 3 N–H and O–H groups in total. The normalized spacial score (nSPS) is 11.4. The quantitative estimate of drug-likeness (QED) is 0.361. The Balaban J connectivity index is 0. The zero-order valence-corrected chi connectivity index (χ0v) is 9.39. The minimum atomic E-state index is -4.16. The van der Waals surface area contributed by atoms with Gasteiger partial charge in [-0.05, 0) is 13.3 Å². The van der Waals surface area contributed by atoms with Crippen molar-refractivity contribution in [1.82, 2.24) is 0 Å². The van der Waals surface area contributed by atoms with E-state index in [1.165, 1.54) is 0 Å². The summed E-state index contributed by atoms with van der Waals surface area (Å²) in [5.41, 5.74) is 0. The predicted octanol–water partition coefficient (Wildman–Crippen LogP) is 0.156. The predicted molar refractivity (Wildman–Crippen MR) is 51.7 cm³/mol. The molecule has 0 aliphatic rings. The van der Waals surface area contributed by atoms with Crippen molar-refractivity contribution in [2.24, 2.45) is 0 Å². The Morgan fingerprint density at radius 2 is 1.50 bits per heavy atom. The second kappa shape index (κ2) is 6.06. The van der Waals surface area contributed by atoms with Crippen molar-refractivity contribution in [3.63, 3.8) is 0 Å². The summed E-state index contributed by atoms with van der Waals surface area (Å²) in [6.07, 6.45) is 0.471. The fourth-order valence-corrected chi connectivity index (χ4v) is 0.774. The zero-order valence-electron chi connectivity index (χ0n) is 7.76. The second-order valence-corrected chi connectivity index (χ2v) is 5.45. The lowest BCUT2D eigenvalue weighted by atomic mass is 10.6. The van der Waals surface area contributed by atoms with Crippen molar-refractivity contribution in [3.8, 4) is 0 Å². The first-order valence-corrected chi connectivity index (χ1v) is 6.53. The molecule has 9 heteroatoms. The molecule has 0 amide bonds. The van der Waals surface area contributed by atoms with Crippen molar-refractivity contribution < 1.29 is 25.9 Å². The molecule has 0 unspecified atom stereocenters. The van der Waals surface area contributed by atoms with Crippen LogP contribution in [0.15, 0.2) is 0 Å². The van der Waals surface area contributed by atoms with Gasteiger partial charge in [0.15, 0.2) is 0 Å². The molecule has 0 heterocycles. The number of nitrogens with one attached hydrogen (secondary N) is 1. The number of rotatable bonds is 2. The van der Waals surface area contributed by atoms with E-state index in [0.717, 1.165) is 6.92 Å². The van der Waals surface area contributed by atoms with Crippen LogP contribution in [-0.2, 0) is 20.2 Å². The molecule has 0 radical (unpaired) electrons. The summed E-state index contributed by atoms with van der Waals surface area (Å²) in [4.78, 5) is 0. The van der Waals surface area contributed by atoms with Gasteiger partial charge in [-0.1, -0.05) is 6.92 Å². The first-order valence-electron chi connectivity index (χ1n) is 3.48. The third-order valence-corrected chi connectivity index (χ3v) is 2.55. The van der Waals surface area contributed by atoms with Gasteiger partial charge < -0.3 is 0 Å². The molecule has 0 aliphatic heterocycles. The van der Waals surface area contributed by atoms with Crippen LogP contribution >= 0.6 is 0 Å². The molecule has 0 aromatic heterocycles. The van der Waals surface area contributed by atoms with Gasteiger partial charge in [-0.3, -0.25) is 14.5 Å². The Labute approximate surface area is 83.1 Å². The maximum atomic E-state index is 9.79. The molecule has 0 saturated carbocycles. The topological polar surface area (TPSA) is 133 Å². The molecule has 0 rings (SSSR count). The van der Waals surface area contributed by atoms with Crippen molar-refractivity contribution in [2.45, 2.75) is 20.3 Å². The summed E-state index contributed by atoms with van der Waals surface area (Å²) in [5.74, 6) is -0.132. The van der Waals surface area contributed by atoms with Gasteiger partial charge in [0, 0.05) is 0 Å². The van der Waals surface area contributed by atoms with Crippen LogP contribution in [0.25, 0.3) is 0 Å². The fourth-order valence-electron chi connectivity index (χ4n) is 0.258. The van der Waals surface area contributed by atoms with Crippen molar-refractivity contribution >= 4 is 25.3 Å². The molecule has 0 aromatic rings. The standard InChI is InChI=1S/C3H8O3S.C2H5NO3S/c1-2-3-7(4,5)6;1-2(3)7(4,5)6/h2-3H2,1H3,(H,4,5,6);3H,1H3,(H,4,5,6). The third kappa shape index (κ3) is 14.0. The highest BCUT2D eigenvalue weighted by Gasteiger charge is 2.04. The minimum absolute atomic E-state index is 0.132. The van der Waals surface area contributed by atoms with Crippen LogP contribution in [0, 0.1) is 5.41 Å². The van der Waals surface area contributed by atoms with E-state index in [-0.39, 0.29) is 5.75 Å². The van der Waals surface area contributed by atoms with Crippen molar-refractivity contribution in [2.75, 3.05) is 5.75 Å². The summed E-state index contributed by atoms with van der Waals surface area (Å²) in [7, 11) is -7.83. The summed E-state index contributed by atoms with van der Waals surface area (Å²) in [6.45, 7) is 2.68. The number of hydrogen-bond donors (Lipinski definition) is 3. The van der Waals surface area contributed by atoms with Crippen LogP contribution < -0.4 is 0 Å². The summed E-state index contributed by atoms with van der Waals surface area (Å²) in [5, 5.41) is 5.58. The molecule has 0 fully saturated rings. The second-order valence-electron chi connectivity index (χ2n) is 2.32. The van der Waals surface area contributed by atoms with Crippen molar-refractivity contribution in [3.05, 3.63) is 0 Å². The molecule has 0 atom stereocenters. The van der Waals surface area contributed by atoms with Crippen LogP contribution in [0.4, 0.5) is 0 Å². The van der Waals surface area contributed by atoms with Gasteiger partial charge in [0.1, 0.15) is 5.04 Å². The van der Waals surface area contributed by atoms with Crippen LogP contribution in [0.2, 0.25) is 0 Å². The Hall–Kier alpha value is -0.510. The molecule has 0 aromatic carbocycles. The van der Waals surface area contributed by atoms with Gasteiger partial charge in [-0.25, -0.2) is 0 Å². The van der Waals surface area contributed by atoms with Gasteiger partial charge >= 0.3 is 10.1 Å². The average molecular weight is 247 g/mol. The Morgan fingerprint density at radius 1 is 1.21 bits per heavy atom. The molecular weight excluding hydrogens is 234 g/mol. The van der Waals surface area contributed by atoms with E-state index in [9.17, 15) is 16.8 Å². The minimum Gasteiger partial charge on any atom is -0.292 e. The molecule has 0 aliphatic carbocycles. The Bertz CT molecular complexity index is 367.